The maximum Gasteiger partial charge on any atom is 0.309 e. The lowest BCUT2D eigenvalue weighted by Gasteiger charge is -2.40. The van der Waals surface area contributed by atoms with Crippen LogP contribution in [0.3, 0.4) is 0 Å². The summed E-state index contributed by atoms with van der Waals surface area (Å²) >= 11 is 0. The van der Waals surface area contributed by atoms with Crippen LogP contribution in [0.4, 0.5) is 0 Å². The number of nitrogens with zero attached hydrogens (tertiary/aromatic N) is 1. The van der Waals surface area contributed by atoms with Gasteiger partial charge in [-0.05, 0) is 75.5 Å². The lowest BCUT2D eigenvalue weighted by atomic mass is 9.69. The quantitative estimate of drug-likeness (QED) is 0.134. The first kappa shape index (κ1) is 32.1. The SMILES string of the molecule is CCCCCCC[C@H](O)CCCCCC[C@H](C(=O)O)[C@H](O)CC[C@]1(O)CCC2(CCCC2)[C@@H]1Cc1ccc[n-]1. The molecule has 1 aromatic rings. The van der Waals surface area contributed by atoms with E-state index in [1.165, 1.54) is 38.5 Å². The fraction of sp³-hybridized carbons (Fsp3) is 0.848. The monoisotopic (exact) mass is 546 g/mol. The summed E-state index contributed by atoms with van der Waals surface area (Å²) in [6, 6.07) is 3.98. The highest BCUT2D eigenvalue weighted by Gasteiger charge is 2.56. The van der Waals surface area contributed by atoms with E-state index in [1.807, 2.05) is 18.3 Å². The van der Waals surface area contributed by atoms with E-state index in [2.05, 4.69) is 11.9 Å². The minimum atomic E-state index is -0.945. The van der Waals surface area contributed by atoms with Crippen LogP contribution in [0.15, 0.2) is 18.3 Å². The molecular weight excluding hydrogens is 490 g/mol. The van der Waals surface area contributed by atoms with E-state index in [4.69, 9.17) is 0 Å². The number of carboxylic acid groups (broad SMARTS) is 1. The Morgan fingerprint density at radius 3 is 2.15 bits per heavy atom. The minimum absolute atomic E-state index is 0.115. The Kier molecular flexibility index (Phi) is 13.3. The summed E-state index contributed by atoms with van der Waals surface area (Å²) in [5.74, 6) is -1.62. The van der Waals surface area contributed by atoms with Gasteiger partial charge in [0.2, 0.25) is 0 Å². The predicted octanol–water partition coefficient (Wildman–Crippen LogP) is 6.79. The summed E-state index contributed by atoms with van der Waals surface area (Å²) in [6.07, 6.45) is 20.5. The van der Waals surface area contributed by atoms with E-state index in [-0.39, 0.29) is 17.4 Å². The first-order valence-corrected chi connectivity index (χ1v) is 16.2. The summed E-state index contributed by atoms with van der Waals surface area (Å²) in [6.45, 7) is 2.21. The molecule has 2 fully saturated rings. The van der Waals surface area contributed by atoms with Crippen LogP contribution >= 0.6 is 0 Å². The molecule has 0 bridgehead atoms. The molecule has 0 unspecified atom stereocenters. The zero-order chi connectivity index (χ0) is 28.1. The summed E-state index contributed by atoms with van der Waals surface area (Å²) in [4.78, 5) is 16.5. The lowest BCUT2D eigenvalue weighted by molar-refractivity contribution is -0.147. The predicted molar refractivity (Wildman–Crippen MR) is 155 cm³/mol. The van der Waals surface area contributed by atoms with Crippen molar-refractivity contribution >= 4 is 5.97 Å². The first-order chi connectivity index (χ1) is 18.8. The van der Waals surface area contributed by atoms with Gasteiger partial charge in [-0.3, -0.25) is 4.79 Å². The van der Waals surface area contributed by atoms with Gasteiger partial charge in [0.05, 0.1) is 23.7 Å². The first-order valence-electron chi connectivity index (χ1n) is 16.2. The number of aliphatic hydroxyl groups is 3. The molecule has 2 aliphatic carbocycles. The molecule has 4 N–H and O–H groups in total. The van der Waals surface area contributed by atoms with Crippen molar-refractivity contribution in [2.24, 2.45) is 17.3 Å². The highest BCUT2D eigenvalue weighted by molar-refractivity contribution is 5.70. The molecule has 0 saturated heterocycles. The van der Waals surface area contributed by atoms with E-state index in [0.717, 1.165) is 82.7 Å². The minimum Gasteiger partial charge on any atom is -0.668 e. The third-order valence-corrected chi connectivity index (χ3v) is 10.2. The van der Waals surface area contributed by atoms with Gasteiger partial charge in [0.25, 0.3) is 0 Å². The largest absolute Gasteiger partial charge is 0.668 e. The van der Waals surface area contributed by atoms with Crippen molar-refractivity contribution in [1.82, 2.24) is 4.98 Å². The second-order valence-corrected chi connectivity index (χ2v) is 13.0. The van der Waals surface area contributed by atoms with Crippen LogP contribution in [0.5, 0.6) is 0 Å². The second-order valence-electron chi connectivity index (χ2n) is 13.0. The van der Waals surface area contributed by atoms with Gasteiger partial charge in [-0.25, -0.2) is 0 Å². The van der Waals surface area contributed by atoms with Crippen LogP contribution in [0.2, 0.25) is 0 Å². The van der Waals surface area contributed by atoms with Crippen LogP contribution in [-0.4, -0.2) is 44.2 Å². The maximum absolute atomic E-state index is 12.0. The fourth-order valence-corrected chi connectivity index (χ4v) is 7.74. The number of hydrogen-bond acceptors (Lipinski definition) is 4. The molecule has 1 heterocycles. The summed E-state index contributed by atoms with van der Waals surface area (Å²) in [5, 5.41) is 42.8. The zero-order valence-electron chi connectivity index (χ0n) is 24.5. The zero-order valence-corrected chi connectivity index (χ0v) is 24.5. The molecule has 0 aromatic carbocycles. The Balaban J connectivity index is 1.40. The van der Waals surface area contributed by atoms with Crippen LogP contribution in [0, 0.1) is 17.3 Å². The Morgan fingerprint density at radius 1 is 0.923 bits per heavy atom. The molecule has 1 aromatic heterocycles. The Labute approximate surface area is 237 Å². The molecule has 3 rings (SSSR count). The number of aromatic nitrogens is 1. The van der Waals surface area contributed by atoms with Gasteiger partial charge >= 0.3 is 5.97 Å². The van der Waals surface area contributed by atoms with Gasteiger partial charge in [-0.2, -0.15) is 11.9 Å². The van der Waals surface area contributed by atoms with E-state index < -0.39 is 23.6 Å². The van der Waals surface area contributed by atoms with Gasteiger partial charge in [-0.15, -0.1) is 0 Å². The molecule has 0 aliphatic heterocycles. The van der Waals surface area contributed by atoms with Crippen molar-refractivity contribution in [1.29, 1.82) is 0 Å². The lowest BCUT2D eigenvalue weighted by Crippen LogP contribution is -2.42. The molecule has 6 nitrogen and oxygen atoms in total. The standard InChI is InChI=1S/C33H56NO5/c1-2-3-4-5-8-15-27(35)16-9-6-7-10-17-28(31(37)38)29(36)18-21-33(39)23-22-32(19-11-12-20-32)30(33)25-26-14-13-24-34-26/h13-14,24,27-30,35-36,39H,2-12,15-23,25H2,1H3,(H,37,38)/q-1/t27-,28-,29+,30-,33-/m0/s1. The van der Waals surface area contributed by atoms with Crippen molar-refractivity contribution in [3.63, 3.8) is 0 Å². The molecule has 39 heavy (non-hydrogen) atoms. The molecule has 0 amide bonds. The topological polar surface area (TPSA) is 112 Å². The maximum atomic E-state index is 12.0. The van der Waals surface area contributed by atoms with Gasteiger partial charge in [-0.1, -0.05) is 89.7 Å². The number of aliphatic hydroxyl groups excluding tert-OH is 2. The number of carbonyl (C=O) groups is 1. The van der Waals surface area contributed by atoms with Gasteiger partial charge in [0, 0.05) is 0 Å². The molecule has 5 atom stereocenters. The Hall–Kier alpha value is -1.37. The molecule has 0 radical (unpaired) electrons. The molecular formula is C33H56NO5-. The number of hydrogen-bond donors (Lipinski definition) is 4. The van der Waals surface area contributed by atoms with Crippen molar-refractivity contribution < 1.29 is 25.2 Å². The third-order valence-electron chi connectivity index (χ3n) is 10.2. The molecule has 224 valence electrons. The second kappa shape index (κ2) is 16.2. The highest BCUT2D eigenvalue weighted by Crippen LogP contribution is 2.60. The van der Waals surface area contributed by atoms with E-state index in [9.17, 15) is 25.2 Å². The normalized spacial score (nSPS) is 24.8. The van der Waals surface area contributed by atoms with Crippen molar-refractivity contribution in [2.45, 2.75) is 160 Å². The molecule has 2 saturated carbocycles. The smallest absolute Gasteiger partial charge is 0.309 e. The summed E-state index contributed by atoms with van der Waals surface area (Å²) < 4.78 is 0. The molecule has 2 aliphatic rings. The molecule has 6 heteroatoms. The van der Waals surface area contributed by atoms with Gasteiger partial charge in [0.1, 0.15) is 0 Å². The average molecular weight is 547 g/mol. The van der Waals surface area contributed by atoms with Gasteiger partial charge in [0.15, 0.2) is 0 Å². The van der Waals surface area contributed by atoms with Crippen molar-refractivity contribution in [3.05, 3.63) is 24.0 Å². The average Bonchev–Trinajstić information content (AvgIpc) is 3.66. The molecule has 1 spiro atoms. The van der Waals surface area contributed by atoms with Crippen LogP contribution < -0.4 is 4.98 Å². The number of rotatable bonds is 20. The van der Waals surface area contributed by atoms with Gasteiger partial charge < -0.3 is 25.4 Å². The van der Waals surface area contributed by atoms with Crippen LogP contribution in [0.25, 0.3) is 0 Å². The van der Waals surface area contributed by atoms with Crippen LogP contribution in [0.1, 0.15) is 141 Å². The Bertz CT molecular complexity index is 805. The number of unbranched alkanes of at least 4 members (excludes halogenated alkanes) is 7. The number of carboxylic acids is 1. The third kappa shape index (κ3) is 9.60. The Morgan fingerprint density at radius 2 is 1.56 bits per heavy atom. The van der Waals surface area contributed by atoms with Crippen molar-refractivity contribution in [2.75, 3.05) is 0 Å². The number of aliphatic carboxylic acids is 1. The van der Waals surface area contributed by atoms with E-state index >= 15 is 0 Å². The highest BCUT2D eigenvalue weighted by atomic mass is 16.4. The van der Waals surface area contributed by atoms with E-state index in [0.29, 0.717) is 19.3 Å². The van der Waals surface area contributed by atoms with Crippen LogP contribution in [-0.2, 0) is 11.2 Å². The van der Waals surface area contributed by atoms with E-state index in [1.54, 1.807) is 0 Å². The summed E-state index contributed by atoms with van der Waals surface area (Å²) in [5.41, 5.74) is 0.313. The summed E-state index contributed by atoms with van der Waals surface area (Å²) in [7, 11) is 0. The fourth-order valence-electron chi connectivity index (χ4n) is 7.74. The van der Waals surface area contributed by atoms with Crippen molar-refractivity contribution in [3.8, 4) is 0 Å².